The summed E-state index contributed by atoms with van der Waals surface area (Å²) in [5.41, 5.74) is 4.68. The fourth-order valence-corrected chi connectivity index (χ4v) is 4.89. The van der Waals surface area contributed by atoms with Gasteiger partial charge in [0.25, 0.3) is 5.91 Å². The maximum atomic E-state index is 12.9. The number of amides is 1. The predicted octanol–water partition coefficient (Wildman–Crippen LogP) is 5.09. The lowest BCUT2D eigenvalue weighted by atomic mass is 9.94. The van der Waals surface area contributed by atoms with Gasteiger partial charge in [0.1, 0.15) is 5.75 Å². The number of anilines is 1. The number of nitrogens with one attached hydrogen (secondary N) is 1. The molecule has 4 rings (SSSR count). The number of hydrogen-bond donors (Lipinski definition) is 1. The molecule has 1 N–H and O–H groups in total. The van der Waals surface area contributed by atoms with Gasteiger partial charge in [0.05, 0.1) is 23.9 Å². The predicted molar refractivity (Wildman–Crippen MR) is 135 cm³/mol. The van der Waals surface area contributed by atoms with Crippen molar-refractivity contribution in [3.8, 4) is 5.75 Å². The van der Waals surface area contributed by atoms with E-state index in [4.69, 9.17) is 9.47 Å². The van der Waals surface area contributed by atoms with Crippen LogP contribution in [0, 0.1) is 13.8 Å². The minimum absolute atomic E-state index is 0.167. The van der Waals surface area contributed by atoms with Crippen LogP contribution in [0.3, 0.4) is 0 Å². The van der Waals surface area contributed by atoms with Gasteiger partial charge in [0, 0.05) is 17.5 Å². The van der Waals surface area contributed by atoms with Crippen molar-refractivity contribution in [2.75, 3.05) is 18.5 Å². The van der Waals surface area contributed by atoms with E-state index in [9.17, 15) is 9.59 Å². The van der Waals surface area contributed by atoms with Crippen LogP contribution in [0.1, 0.15) is 36.6 Å². The summed E-state index contributed by atoms with van der Waals surface area (Å²) in [4.78, 5) is 32.0. The zero-order valence-electron chi connectivity index (χ0n) is 19.6. The summed E-state index contributed by atoms with van der Waals surface area (Å²) < 4.78 is 11.3. The Morgan fingerprint density at radius 2 is 1.85 bits per heavy atom. The minimum atomic E-state index is -0.475. The van der Waals surface area contributed by atoms with Gasteiger partial charge >= 0.3 is 5.97 Å². The largest absolute Gasteiger partial charge is 0.483 e. The summed E-state index contributed by atoms with van der Waals surface area (Å²) in [7, 11) is 0. The first-order valence-electron chi connectivity index (χ1n) is 11.1. The first-order chi connectivity index (χ1) is 16.4. The highest BCUT2D eigenvalue weighted by Gasteiger charge is 2.38. The molecule has 2 aromatic carbocycles. The third-order valence-corrected chi connectivity index (χ3v) is 6.16. The quantitative estimate of drug-likeness (QED) is 0.560. The molecule has 1 amide bonds. The lowest BCUT2D eigenvalue weighted by molar-refractivity contribution is -0.139. The molecule has 8 heteroatoms. The highest BCUT2D eigenvalue weighted by atomic mass is 32.2. The number of benzene rings is 2. The van der Waals surface area contributed by atoms with Gasteiger partial charge in [0.15, 0.2) is 11.8 Å². The van der Waals surface area contributed by atoms with Gasteiger partial charge < -0.3 is 19.7 Å². The van der Waals surface area contributed by atoms with Gasteiger partial charge in [-0.1, -0.05) is 36.0 Å². The normalized spacial score (nSPS) is 16.8. The van der Waals surface area contributed by atoms with Crippen LogP contribution in [-0.4, -0.2) is 35.2 Å². The van der Waals surface area contributed by atoms with Gasteiger partial charge in [0.2, 0.25) is 0 Å². The number of nitrogens with zero attached hydrogens (tertiary/aromatic N) is 2. The molecule has 0 aliphatic carbocycles. The molecule has 0 bridgehead atoms. The Kier molecular flexibility index (Phi) is 7.07. The van der Waals surface area contributed by atoms with E-state index in [1.165, 1.54) is 11.8 Å². The molecular weight excluding hydrogens is 450 g/mol. The number of carbonyl (C=O) groups is 2. The molecule has 1 atom stereocenters. The lowest BCUT2D eigenvalue weighted by Crippen LogP contribution is -2.34. The molecule has 0 fully saturated rings. The zero-order valence-corrected chi connectivity index (χ0v) is 20.4. The lowest BCUT2D eigenvalue weighted by Gasteiger charge is -2.34. The third kappa shape index (κ3) is 5.02. The maximum absolute atomic E-state index is 12.9. The number of rotatable bonds is 7. The molecule has 0 radical (unpaired) electrons. The summed E-state index contributed by atoms with van der Waals surface area (Å²) in [6, 6.07) is 12.8. The van der Waals surface area contributed by atoms with Crippen molar-refractivity contribution in [2.24, 2.45) is 4.99 Å². The van der Waals surface area contributed by atoms with E-state index in [-0.39, 0.29) is 19.1 Å². The summed E-state index contributed by atoms with van der Waals surface area (Å²) in [5.74, 6) is -0.163. The average molecular weight is 478 g/mol. The molecule has 7 nitrogen and oxygen atoms in total. The van der Waals surface area contributed by atoms with Crippen molar-refractivity contribution in [2.45, 2.75) is 33.7 Å². The van der Waals surface area contributed by atoms with Gasteiger partial charge in [-0.25, -0.2) is 9.79 Å². The Balaban J connectivity index is 1.59. The van der Waals surface area contributed by atoms with Crippen molar-refractivity contribution in [1.82, 2.24) is 4.90 Å². The Morgan fingerprint density at radius 3 is 2.59 bits per heavy atom. The molecule has 0 aromatic heterocycles. The second kappa shape index (κ2) is 10.2. The van der Waals surface area contributed by atoms with Crippen molar-refractivity contribution >= 4 is 34.5 Å². The van der Waals surface area contributed by atoms with Crippen LogP contribution in [0.4, 0.5) is 5.69 Å². The van der Waals surface area contributed by atoms with Gasteiger partial charge in [-0.2, -0.15) is 0 Å². The van der Waals surface area contributed by atoms with E-state index in [1.54, 1.807) is 13.0 Å². The highest BCUT2D eigenvalue weighted by molar-refractivity contribution is 8.16. The molecule has 2 heterocycles. The topological polar surface area (TPSA) is 80.2 Å². The number of ether oxygens (including phenoxy) is 2. The SMILES string of the molecule is CCOC(=O)C1=C(C)N=C2SC=CN2[C@H]1c1ccccc1OCC(=O)Nc1cc(C)cc(C)c1. The van der Waals surface area contributed by atoms with Crippen molar-refractivity contribution in [1.29, 1.82) is 0 Å². The zero-order chi connectivity index (χ0) is 24.2. The molecule has 34 heavy (non-hydrogen) atoms. The number of carbonyl (C=O) groups excluding carboxylic acids is 2. The number of aryl methyl sites for hydroxylation is 2. The molecule has 2 aliphatic heterocycles. The smallest absolute Gasteiger partial charge is 0.338 e. The van der Waals surface area contributed by atoms with Crippen molar-refractivity contribution < 1.29 is 19.1 Å². The van der Waals surface area contributed by atoms with Crippen molar-refractivity contribution in [3.63, 3.8) is 0 Å². The van der Waals surface area contributed by atoms with Crippen LogP contribution < -0.4 is 10.1 Å². The standard InChI is InChI=1S/C26H27N3O4S/c1-5-32-25(31)23-18(4)27-26-29(10-11-34-26)24(23)20-8-6-7-9-21(20)33-15-22(30)28-19-13-16(2)12-17(3)14-19/h6-14,24H,5,15H2,1-4H3,(H,28,30)/t24-/m0/s1. The van der Waals surface area contributed by atoms with Gasteiger partial charge in [-0.15, -0.1) is 0 Å². The maximum Gasteiger partial charge on any atom is 0.338 e. The number of amidine groups is 1. The van der Waals surface area contributed by atoms with E-state index < -0.39 is 12.0 Å². The monoisotopic (exact) mass is 477 g/mol. The molecular formula is C26H27N3O4S. The molecule has 2 aliphatic rings. The van der Waals surface area contributed by atoms with Gasteiger partial charge in [-0.3, -0.25) is 4.79 Å². The third-order valence-electron chi connectivity index (χ3n) is 5.39. The van der Waals surface area contributed by atoms with Crippen LogP contribution in [0.25, 0.3) is 0 Å². The Hall–Kier alpha value is -3.52. The minimum Gasteiger partial charge on any atom is -0.483 e. The number of allylic oxidation sites excluding steroid dienone is 1. The van der Waals surface area contributed by atoms with Crippen LogP contribution >= 0.6 is 11.8 Å². The van der Waals surface area contributed by atoms with Crippen LogP contribution in [0.2, 0.25) is 0 Å². The van der Waals surface area contributed by atoms with E-state index >= 15 is 0 Å². The van der Waals surface area contributed by atoms with E-state index in [0.29, 0.717) is 17.0 Å². The number of hydrogen-bond acceptors (Lipinski definition) is 7. The number of aliphatic imine (C=N–C) groups is 1. The molecule has 176 valence electrons. The number of esters is 1. The Labute approximate surface area is 203 Å². The highest BCUT2D eigenvalue weighted by Crippen LogP contribution is 2.43. The molecule has 0 saturated heterocycles. The summed E-state index contributed by atoms with van der Waals surface area (Å²) >= 11 is 1.49. The first-order valence-corrected chi connectivity index (χ1v) is 11.9. The Morgan fingerprint density at radius 1 is 1.12 bits per heavy atom. The second-order valence-electron chi connectivity index (χ2n) is 8.08. The summed E-state index contributed by atoms with van der Waals surface area (Å²) in [6.45, 7) is 7.65. The number of thioether (sulfide) groups is 1. The number of fused-ring (bicyclic) bond motifs is 1. The molecule has 2 aromatic rings. The molecule has 0 spiro atoms. The molecule has 0 unspecified atom stereocenters. The van der Waals surface area contributed by atoms with E-state index in [1.807, 2.05) is 73.7 Å². The fourth-order valence-electron chi connectivity index (χ4n) is 4.10. The molecule has 0 saturated carbocycles. The Bertz CT molecular complexity index is 1200. The fraction of sp³-hybridized carbons (Fsp3) is 0.269. The van der Waals surface area contributed by atoms with Crippen LogP contribution in [0.15, 0.2) is 70.3 Å². The van der Waals surface area contributed by atoms with Crippen LogP contribution in [0.5, 0.6) is 5.75 Å². The van der Waals surface area contributed by atoms with E-state index in [0.717, 1.165) is 27.5 Å². The van der Waals surface area contributed by atoms with Gasteiger partial charge in [-0.05, 0) is 62.4 Å². The average Bonchev–Trinajstić information content (AvgIpc) is 3.24. The summed E-state index contributed by atoms with van der Waals surface area (Å²) in [5, 5.41) is 5.59. The second-order valence-corrected chi connectivity index (χ2v) is 8.95. The number of para-hydroxylation sites is 1. The van der Waals surface area contributed by atoms with Crippen LogP contribution in [-0.2, 0) is 14.3 Å². The van der Waals surface area contributed by atoms with E-state index in [2.05, 4.69) is 10.3 Å². The first kappa shape index (κ1) is 23.6. The summed E-state index contributed by atoms with van der Waals surface area (Å²) in [6.07, 6.45) is 1.89. The van der Waals surface area contributed by atoms with Crippen molar-refractivity contribution in [3.05, 3.63) is 82.0 Å².